The van der Waals surface area contributed by atoms with E-state index in [4.69, 9.17) is 4.74 Å². The third-order valence-corrected chi connectivity index (χ3v) is 6.80. The topological polar surface area (TPSA) is 96.0 Å². The Labute approximate surface area is 204 Å². The SMILES string of the molecule is CCCNC(=O)[C@@H](C)N(Cc1cccc(OC)c1)C(=O)CN(c1ccccc1Br)S(C)(=O)=O. The molecule has 0 aliphatic heterocycles. The van der Waals surface area contributed by atoms with E-state index in [-0.39, 0.29) is 12.5 Å². The lowest BCUT2D eigenvalue weighted by molar-refractivity contribution is -0.139. The Balaban J connectivity index is 2.39. The Kier molecular flexibility index (Phi) is 9.72. The van der Waals surface area contributed by atoms with Crippen molar-refractivity contribution in [3.05, 3.63) is 58.6 Å². The smallest absolute Gasteiger partial charge is 0.244 e. The molecule has 0 saturated heterocycles. The molecule has 1 N–H and O–H groups in total. The molecular formula is C23H30BrN3O5S. The zero-order valence-electron chi connectivity index (χ0n) is 19.2. The Morgan fingerprint density at radius 3 is 2.45 bits per heavy atom. The van der Waals surface area contributed by atoms with Crippen molar-refractivity contribution in [3.63, 3.8) is 0 Å². The van der Waals surface area contributed by atoms with Crippen LogP contribution in [0.25, 0.3) is 0 Å². The van der Waals surface area contributed by atoms with E-state index in [1.54, 1.807) is 56.5 Å². The van der Waals surface area contributed by atoms with Gasteiger partial charge in [0.25, 0.3) is 0 Å². The van der Waals surface area contributed by atoms with Gasteiger partial charge in [0.05, 0.1) is 19.1 Å². The van der Waals surface area contributed by atoms with Crippen LogP contribution < -0.4 is 14.4 Å². The van der Waals surface area contributed by atoms with Crippen LogP contribution in [-0.2, 0) is 26.2 Å². The summed E-state index contributed by atoms with van der Waals surface area (Å²) >= 11 is 3.36. The highest BCUT2D eigenvalue weighted by Crippen LogP contribution is 2.28. The molecule has 0 spiro atoms. The van der Waals surface area contributed by atoms with Gasteiger partial charge in [0, 0.05) is 17.6 Å². The first-order chi connectivity index (χ1) is 15.6. The number of nitrogens with one attached hydrogen (secondary N) is 1. The standard InChI is InChI=1S/C23H30BrN3O5S/c1-5-13-25-23(29)17(2)26(15-18-9-8-10-19(14-18)32-3)22(28)16-27(33(4,30)31)21-12-7-6-11-20(21)24/h6-12,14,17H,5,13,15-16H2,1-4H3,(H,25,29)/t17-/m1/s1. The van der Waals surface area contributed by atoms with Gasteiger partial charge in [-0.05, 0) is 59.1 Å². The number of rotatable bonds is 11. The Morgan fingerprint density at radius 1 is 1.15 bits per heavy atom. The first kappa shape index (κ1) is 26.7. The van der Waals surface area contributed by atoms with Gasteiger partial charge in [-0.2, -0.15) is 0 Å². The molecule has 0 bridgehead atoms. The summed E-state index contributed by atoms with van der Waals surface area (Å²) in [4.78, 5) is 27.5. The Hall–Kier alpha value is -2.59. The maximum Gasteiger partial charge on any atom is 0.244 e. The minimum absolute atomic E-state index is 0.115. The van der Waals surface area contributed by atoms with Gasteiger partial charge in [-0.25, -0.2) is 8.42 Å². The number of hydrogen-bond acceptors (Lipinski definition) is 5. The van der Waals surface area contributed by atoms with Gasteiger partial charge in [-0.3, -0.25) is 13.9 Å². The number of carbonyl (C=O) groups is 2. The molecule has 0 aliphatic carbocycles. The van der Waals surface area contributed by atoms with Crippen molar-refractivity contribution in [2.45, 2.75) is 32.9 Å². The van der Waals surface area contributed by atoms with Crippen molar-refractivity contribution in [2.75, 3.05) is 30.8 Å². The van der Waals surface area contributed by atoms with E-state index in [0.717, 1.165) is 22.5 Å². The molecular weight excluding hydrogens is 510 g/mol. The number of methoxy groups -OCH3 is 1. The fraction of sp³-hybridized carbons (Fsp3) is 0.391. The van der Waals surface area contributed by atoms with Crippen LogP contribution in [0.1, 0.15) is 25.8 Å². The quantitative estimate of drug-likeness (QED) is 0.473. The molecule has 0 fully saturated rings. The predicted molar refractivity (Wildman–Crippen MR) is 133 cm³/mol. The molecule has 0 aliphatic rings. The number of halogens is 1. The van der Waals surface area contributed by atoms with Crippen molar-refractivity contribution in [3.8, 4) is 5.75 Å². The molecule has 2 rings (SSSR count). The molecule has 2 aromatic rings. The fourth-order valence-electron chi connectivity index (χ4n) is 3.19. The van der Waals surface area contributed by atoms with Crippen LogP contribution in [0.2, 0.25) is 0 Å². The zero-order valence-corrected chi connectivity index (χ0v) is 21.6. The molecule has 10 heteroatoms. The summed E-state index contributed by atoms with van der Waals surface area (Å²) in [6.07, 6.45) is 1.80. The molecule has 0 saturated carbocycles. The van der Waals surface area contributed by atoms with Gasteiger partial charge in [-0.15, -0.1) is 0 Å². The maximum atomic E-state index is 13.5. The average molecular weight is 540 g/mol. The Bertz CT molecular complexity index is 1080. The van der Waals surface area contributed by atoms with Crippen LogP contribution in [0.4, 0.5) is 5.69 Å². The van der Waals surface area contributed by atoms with E-state index < -0.39 is 28.5 Å². The molecule has 8 nitrogen and oxygen atoms in total. The summed E-state index contributed by atoms with van der Waals surface area (Å²) < 4.78 is 32.0. The van der Waals surface area contributed by atoms with E-state index in [1.807, 2.05) is 13.0 Å². The lowest BCUT2D eigenvalue weighted by Crippen LogP contribution is -2.51. The van der Waals surface area contributed by atoms with Crippen molar-refractivity contribution in [2.24, 2.45) is 0 Å². The number of sulfonamides is 1. The molecule has 2 aromatic carbocycles. The van der Waals surface area contributed by atoms with Crippen LogP contribution in [0.3, 0.4) is 0 Å². The largest absolute Gasteiger partial charge is 0.497 e. The lowest BCUT2D eigenvalue weighted by Gasteiger charge is -2.31. The van der Waals surface area contributed by atoms with Crippen LogP contribution in [-0.4, -0.2) is 57.6 Å². The summed E-state index contributed by atoms with van der Waals surface area (Å²) in [5, 5.41) is 2.80. The summed E-state index contributed by atoms with van der Waals surface area (Å²) in [6.45, 7) is 3.72. The summed E-state index contributed by atoms with van der Waals surface area (Å²) in [5.74, 6) is -0.188. The molecule has 33 heavy (non-hydrogen) atoms. The molecule has 1 atom stereocenters. The third-order valence-electron chi connectivity index (χ3n) is 5.00. The van der Waals surface area contributed by atoms with Gasteiger partial charge >= 0.3 is 0 Å². The number of ether oxygens (including phenoxy) is 1. The number of carbonyl (C=O) groups excluding carboxylic acids is 2. The number of hydrogen-bond donors (Lipinski definition) is 1. The highest BCUT2D eigenvalue weighted by molar-refractivity contribution is 9.10. The number of para-hydroxylation sites is 1. The summed E-state index contributed by atoms with van der Waals surface area (Å²) in [7, 11) is -2.23. The molecule has 0 radical (unpaired) electrons. The van der Waals surface area contributed by atoms with E-state index in [2.05, 4.69) is 21.2 Å². The molecule has 0 aromatic heterocycles. The highest BCUT2D eigenvalue weighted by Gasteiger charge is 2.30. The number of benzene rings is 2. The average Bonchev–Trinajstić information content (AvgIpc) is 2.78. The number of nitrogens with zero attached hydrogens (tertiary/aromatic N) is 2. The predicted octanol–water partition coefficient (Wildman–Crippen LogP) is 3.17. The van der Waals surface area contributed by atoms with Crippen LogP contribution in [0.5, 0.6) is 5.75 Å². The number of anilines is 1. The van der Waals surface area contributed by atoms with E-state index in [9.17, 15) is 18.0 Å². The molecule has 180 valence electrons. The molecule has 0 unspecified atom stereocenters. The van der Waals surface area contributed by atoms with Crippen molar-refractivity contribution >= 4 is 43.5 Å². The lowest BCUT2D eigenvalue weighted by atomic mass is 10.1. The first-order valence-electron chi connectivity index (χ1n) is 10.5. The molecule has 2 amide bonds. The van der Waals surface area contributed by atoms with Crippen molar-refractivity contribution in [1.82, 2.24) is 10.2 Å². The Morgan fingerprint density at radius 2 is 1.85 bits per heavy atom. The monoisotopic (exact) mass is 539 g/mol. The third kappa shape index (κ3) is 7.46. The van der Waals surface area contributed by atoms with E-state index in [1.165, 1.54) is 4.90 Å². The second kappa shape index (κ2) is 12.0. The number of amides is 2. The summed E-state index contributed by atoms with van der Waals surface area (Å²) in [5.41, 5.74) is 1.10. The van der Waals surface area contributed by atoms with Crippen molar-refractivity contribution in [1.29, 1.82) is 0 Å². The maximum absolute atomic E-state index is 13.5. The zero-order chi connectivity index (χ0) is 24.6. The van der Waals surface area contributed by atoms with Crippen LogP contribution >= 0.6 is 15.9 Å². The first-order valence-corrected chi connectivity index (χ1v) is 13.1. The summed E-state index contributed by atoms with van der Waals surface area (Å²) in [6, 6.07) is 13.1. The van der Waals surface area contributed by atoms with Gasteiger partial charge in [0.1, 0.15) is 18.3 Å². The fourth-order valence-corrected chi connectivity index (χ4v) is 4.67. The van der Waals surface area contributed by atoms with Gasteiger partial charge in [0.15, 0.2) is 0 Å². The minimum Gasteiger partial charge on any atom is -0.497 e. The second-order valence-electron chi connectivity index (χ2n) is 7.56. The van der Waals surface area contributed by atoms with Gasteiger partial charge < -0.3 is 15.0 Å². The molecule has 0 heterocycles. The highest BCUT2D eigenvalue weighted by atomic mass is 79.9. The van der Waals surface area contributed by atoms with E-state index >= 15 is 0 Å². The second-order valence-corrected chi connectivity index (χ2v) is 10.3. The van der Waals surface area contributed by atoms with Gasteiger partial charge in [-0.1, -0.05) is 31.2 Å². The normalized spacial score (nSPS) is 12.0. The van der Waals surface area contributed by atoms with Crippen LogP contribution in [0.15, 0.2) is 53.0 Å². The van der Waals surface area contributed by atoms with Crippen molar-refractivity contribution < 1.29 is 22.7 Å². The van der Waals surface area contributed by atoms with Crippen LogP contribution in [0, 0.1) is 0 Å². The minimum atomic E-state index is -3.78. The van der Waals surface area contributed by atoms with Gasteiger partial charge in [0.2, 0.25) is 21.8 Å². The van der Waals surface area contributed by atoms with E-state index in [0.29, 0.717) is 22.5 Å².